The highest BCUT2D eigenvalue weighted by atomic mass is 32.1. The van der Waals surface area contributed by atoms with Crippen LogP contribution in [0.25, 0.3) is 11.4 Å². The Morgan fingerprint density at radius 2 is 1.93 bits per heavy atom. The molecule has 0 radical (unpaired) electrons. The first-order valence-corrected chi connectivity index (χ1v) is 9.57. The molecule has 3 rings (SSSR count). The minimum atomic E-state index is -0.281. The van der Waals surface area contributed by atoms with Crippen LogP contribution in [0.4, 0.5) is 0 Å². The number of aromatic amines is 1. The van der Waals surface area contributed by atoms with E-state index in [9.17, 15) is 4.79 Å². The summed E-state index contributed by atoms with van der Waals surface area (Å²) in [5, 5.41) is 10.1. The summed E-state index contributed by atoms with van der Waals surface area (Å²) in [7, 11) is 3.20. The third-order valence-electron chi connectivity index (χ3n) is 4.65. The lowest BCUT2D eigenvalue weighted by Gasteiger charge is -2.18. The molecule has 1 amide bonds. The average molecular weight is 413 g/mol. The van der Waals surface area contributed by atoms with Gasteiger partial charge in [0.15, 0.2) is 10.6 Å². The van der Waals surface area contributed by atoms with E-state index in [0.717, 1.165) is 16.7 Å². The molecule has 2 aromatic carbocycles. The Kier molecular flexibility index (Phi) is 6.33. The minimum absolute atomic E-state index is 0.0508. The lowest BCUT2D eigenvalue weighted by molar-refractivity contribution is -0.122. The second-order valence-corrected chi connectivity index (χ2v) is 7.09. The summed E-state index contributed by atoms with van der Waals surface area (Å²) in [6.07, 6.45) is 0. The molecule has 0 spiro atoms. The second kappa shape index (κ2) is 8.91. The van der Waals surface area contributed by atoms with Crippen molar-refractivity contribution in [2.45, 2.75) is 26.4 Å². The van der Waals surface area contributed by atoms with Crippen molar-refractivity contribution in [3.8, 4) is 22.9 Å². The highest BCUT2D eigenvalue weighted by Crippen LogP contribution is 2.29. The zero-order valence-electron chi connectivity index (χ0n) is 16.9. The van der Waals surface area contributed by atoms with Crippen molar-refractivity contribution in [2.24, 2.45) is 0 Å². The van der Waals surface area contributed by atoms with Crippen LogP contribution in [0.1, 0.15) is 24.1 Å². The van der Waals surface area contributed by atoms with E-state index in [2.05, 4.69) is 15.5 Å². The summed E-state index contributed by atoms with van der Waals surface area (Å²) >= 11 is 5.32. The number of H-pyrrole nitrogens is 1. The Morgan fingerprint density at radius 1 is 1.21 bits per heavy atom. The van der Waals surface area contributed by atoms with Crippen LogP contribution in [0.15, 0.2) is 42.5 Å². The molecule has 7 nitrogen and oxygen atoms in total. The summed E-state index contributed by atoms with van der Waals surface area (Å²) in [6.45, 7) is 3.96. The molecule has 29 heavy (non-hydrogen) atoms. The van der Waals surface area contributed by atoms with Gasteiger partial charge in [0.25, 0.3) is 0 Å². The van der Waals surface area contributed by atoms with E-state index in [0.29, 0.717) is 22.1 Å². The van der Waals surface area contributed by atoms with Gasteiger partial charge < -0.3 is 14.8 Å². The molecule has 1 unspecified atom stereocenters. The topological polar surface area (TPSA) is 81.2 Å². The van der Waals surface area contributed by atoms with Gasteiger partial charge in [-0.3, -0.25) is 14.5 Å². The van der Waals surface area contributed by atoms with E-state index in [1.54, 1.807) is 18.8 Å². The molecule has 0 aliphatic rings. The summed E-state index contributed by atoms with van der Waals surface area (Å²) in [5.41, 5.74) is 2.86. The number of carbonyl (C=O) groups excluding carboxylic acids is 1. The van der Waals surface area contributed by atoms with E-state index in [4.69, 9.17) is 21.7 Å². The molecule has 0 saturated heterocycles. The van der Waals surface area contributed by atoms with Gasteiger partial charge in [0.2, 0.25) is 5.91 Å². The molecule has 8 heteroatoms. The number of ether oxygens (including phenoxy) is 2. The van der Waals surface area contributed by atoms with Gasteiger partial charge in [0, 0.05) is 11.1 Å². The molecule has 3 aromatic rings. The number of nitrogens with one attached hydrogen (secondary N) is 2. The van der Waals surface area contributed by atoms with Gasteiger partial charge in [-0.05, 0) is 44.3 Å². The molecule has 0 aliphatic heterocycles. The SMILES string of the molecule is COc1ccc(OC)c(C(C)NC(=O)Cn2c(-c3ccc(C)cc3)n[nH]c2=S)c1. The monoisotopic (exact) mass is 412 g/mol. The largest absolute Gasteiger partial charge is 0.497 e. The maximum Gasteiger partial charge on any atom is 0.240 e. The number of aryl methyl sites for hydroxylation is 1. The Bertz CT molecular complexity index is 1060. The van der Waals surface area contributed by atoms with Crippen LogP contribution < -0.4 is 14.8 Å². The summed E-state index contributed by atoms with van der Waals surface area (Å²) < 4.78 is 12.8. The predicted molar refractivity (Wildman–Crippen MR) is 114 cm³/mol. The smallest absolute Gasteiger partial charge is 0.240 e. The molecular weight excluding hydrogens is 388 g/mol. The van der Waals surface area contributed by atoms with Gasteiger partial charge in [-0.15, -0.1) is 0 Å². The standard InChI is InChI=1S/C21H24N4O3S/c1-13-5-7-15(8-6-13)20-23-24-21(29)25(20)12-19(26)22-14(2)17-11-16(27-3)9-10-18(17)28-4/h5-11,14H,12H2,1-4H3,(H,22,26)(H,24,29). The molecule has 1 aromatic heterocycles. The molecule has 1 atom stereocenters. The molecule has 0 bridgehead atoms. The molecule has 2 N–H and O–H groups in total. The molecule has 0 fully saturated rings. The van der Waals surface area contributed by atoms with Gasteiger partial charge in [0.1, 0.15) is 18.0 Å². The van der Waals surface area contributed by atoms with Crippen molar-refractivity contribution < 1.29 is 14.3 Å². The van der Waals surface area contributed by atoms with Crippen molar-refractivity contribution in [3.63, 3.8) is 0 Å². The van der Waals surface area contributed by atoms with E-state index in [1.807, 2.05) is 56.3 Å². The third-order valence-corrected chi connectivity index (χ3v) is 4.96. The number of benzene rings is 2. The summed E-state index contributed by atoms with van der Waals surface area (Å²) in [5.74, 6) is 1.81. The van der Waals surface area contributed by atoms with Crippen molar-refractivity contribution in [3.05, 3.63) is 58.4 Å². The molecule has 152 valence electrons. The van der Waals surface area contributed by atoms with Crippen LogP contribution in [0.5, 0.6) is 11.5 Å². The third kappa shape index (κ3) is 4.65. The van der Waals surface area contributed by atoms with E-state index < -0.39 is 0 Å². The first-order chi connectivity index (χ1) is 13.9. The first-order valence-electron chi connectivity index (χ1n) is 9.16. The van der Waals surface area contributed by atoms with Crippen molar-refractivity contribution in [2.75, 3.05) is 14.2 Å². The van der Waals surface area contributed by atoms with Gasteiger partial charge >= 0.3 is 0 Å². The molecule has 0 aliphatic carbocycles. The van der Waals surface area contributed by atoms with E-state index in [-0.39, 0.29) is 18.5 Å². The van der Waals surface area contributed by atoms with E-state index in [1.165, 1.54) is 0 Å². The number of aromatic nitrogens is 3. The van der Waals surface area contributed by atoms with Crippen LogP contribution in [0.3, 0.4) is 0 Å². The first kappa shape index (κ1) is 20.6. The maximum atomic E-state index is 12.7. The van der Waals surface area contributed by atoms with Gasteiger partial charge in [-0.25, -0.2) is 0 Å². The summed E-state index contributed by atoms with van der Waals surface area (Å²) in [6, 6.07) is 13.1. The minimum Gasteiger partial charge on any atom is -0.497 e. The normalized spacial score (nSPS) is 11.7. The Balaban J connectivity index is 1.79. The molecule has 0 saturated carbocycles. The van der Waals surface area contributed by atoms with E-state index >= 15 is 0 Å². The zero-order chi connectivity index (χ0) is 21.0. The quantitative estimate of drug-likeness (QED) is 0.577. The second-order valence-electron chi connectivity index (χ2n) is 6.70. The number of rotatable bonds is 7. The van der Waals surface area contributed by atoms with Crippen LogP contribution in [0, 0.1) is 11.7 Å². The number of amides is 1. The molecule has 1 heterocycles. The average Bonchev–Trinajstić information content (AvgIpc) is 3.08. The fourth-order valence-corrected chi connectivity index (χ4v) is 3.27. The maximum absolute atomic E-state index is 12.7. The predicted octanol–water partition coefficient (Wildman–Crippen LogP) is 3.81. The summed E-state index contributed by atoms with van der Waals surface area (Å²) in [4.78, 5) is 12.7. The molecular formula is C21H24N4O3S. The van der Waals surface area contributed by atoms with Crippen molar-refractivity contribution >= 4 is 18.1 Å². The highest BCUT2D eigenvalue weighted by molar-refractivity contribution is 7.71. The van der Waals surface area contributed by atoms with Gasteiger partial charge in [-0.2, -0.15) is 5.10 Å². The lowest BCUT2D eigenvalue weighted by atomic mass is 10.1. The van der Waals surface area contributed by atoms with Crippen LogP contribution in [-0.2, 0) is 11.3 Å². The van der Waals surface area contributed by atoms with Crippen molar-refractivity contribution in [1.29, 1.82) is 0 Å². The Morgan fingerprint density at radius 3 is 2.59 bits per heavy atom. The van der Waals surface area contributed by atoms with Gasteiger partial charge in [-0.1, -0.05) is 29.8 Å². The number of carbonyl (C=O) groups is 1. The fraction of sp³-hybridized carbons (Fsp3) is 0.286. The fourth-order valence-electron chi connectivity index (χ4n) is 3.07. The van der Waals surface area contributed by atoms with Crippen LogP contribution in [-0.4, -0.2) is 34.9 Å². The Labute approximate surface area is 174 Å². The lowest BCUT2D eigenvalue weighted by Crippen LogP contribution is -2.30. The number of hydrogen-bond acceptors (Lipinski definition) is 5. The van der Waals surface area contributed by atoms with Crippen molar-refractivity contribution in [1.82, 2.24) is 20.1 Å². The number of hydrogen-bond donors (Lipinski definition) is 2. The van der Waals surface area contributed by atoms with Crippen LogP contribution in [0.2, 0.25) is 0 Å². The van der Waals surface area contributed by atoms with Crippen LogP contribution >= 0.6 is 12.2 Å². The van der Waals surface area contributed by atoms with Gasteiger partial charge in [0.05, 0.1) is 20.3 Å². The number of nitrogens with zero attached hydrogens (tertiary/aromatic N) is 2. The zero-order valence-corrected chi connectivity index (χ0v) is 17.7. The highest BCUT2D eigenvalue weighted by Gasteiger charge is 2.17. The number of methoxy groups -OCH3 is 2. The Hall–Kier alpha value is -3.13.